The van der Waals surface area contributed by atoms with Gasteiger partial charge in [0, 0.05) is 29.2 Å². The smallest absolute Gasteiger partial charge is 0.334 e. The Balaban J connectivity index is 2.07. The number of ether oxygens (including phenoxy) is 3. The van der Waals surface area contributed by atoms with Crippen molar-refractivity contribution < 1.29 is 33.7 Å². The summed E-state index contributed by atoms with van der Waals surface area (Å²) in [5, 5.41) is 9.70. The molecular weight excluding hydrogens is 352 g/mol. The first-order valence-corrected chi connectivity index (χ1v) is 8.71. The molecule has 0 aromatic heterocycles. The summed E-state index contributed by atoms with van der Waals surface area (Å²) in [7, 11) is 0. The second-order valence-corrected chi connectivity index (χ2v) is 7.10. The van der Waals surface area contributed by atoms with Crippen molar-refractivity contribution in [3.63, 3.8) is 0 Å². The molecule has 0 saturated carbocycles. The molecule has 0 radical (unpaired) electrons. The van der Waals surface area contributed by atoms with Gasteiger partial charge in [-0.1, -0.05) is 12.7 Å². The van der Waals surface area contributed by atoms with Crippen LogP contribution in [0.2, 0.25) is 0 Å². The zero-order valence-corrected chi connectivity index (χ0v) is 15.5. The molecule has 3 rings (SSSR count). The highest BCUT2D eigenvalue weighted by atomic mass is 16.6. The number of aliphatic hydroxyl groups excluding tert-OH is 1. The van der Waals surface area contributed by atoms with Crippen LogP contribution in [0.3, 0.4) is 0 Å². The summed E-state index contributed by atoms with van der Waals surface area (Å²) >= 11 is 0. The molecular formula is C20H22O7. The number of ketones is 1. The number of carbonyl (C=O) groups excluding carboxylic acids is 3. The fourth-order valence-electron chi connectivity index (χ4n) is 3.46. The SMILES string of the molecule is C=C1C(=O)O[C@@H]2/C=C(/CO)C3=CC(=O)[C@@](C)(C[C@@H](OC(=O)/C(C)=C/C)[C@@H]12)O3. The molecule has 0 spiro atoms. The molecule has 2 bridgehead atoms. The largest absolute Gasteiger partial charge is 0.479 e. The number of aliphatic hydroxyl groups is 1. The van der Waals surface area contributed by atoms with E-state index in [0.29, 0.717) is 11.1 Å². The number of hydrogen-bond acceptors (Lipinski definition) is 7. The van der Waals surface area contributed by atoms with Crippen molar-refractivity contribution in [2.45, 2.75) is 45.0 Å². The van der Waals surface area contributed by atoms with Gasteiger partial charge in [0.2, 0.25) is 5.78 Å². The van der Waals surface area contributed by atoms with Crippen molar-refractivity contribution in [3.8, 4) is 0 Å². The molecule has 144 valence electrons. The minimum Gasteiger partial charge on any atom is -0.479 e. The van der Waals surface area contributed by atoms with Crippen LogP contribution in [0.5, 0.6) is 0 Å². The lowest BCUT2D eigenvalue weighted by molar-refractivity contribution is -0.153. The van der Waals surface area contributed by atoms with E-state index in [2.05, 4.69) is 6.58 Å². The van der Waals surface area contributed by atoms with Gasteiger partial charge in [0.15, 0.2) is 5.60 Å². The van der Waals surface area contributed by atoms with Gasteiger partial charge < -0.3 is 19.3 Å². The number of rotatable bonds is 3. The van der Waals surface area contributed by atoms with Crippen LogP contribution in [0.25, 0.3) is 0 Å². The van der Waals surface area contributed by atoms with E-state index >= 15 is 0 Å². The summed E-state index contributed by atoms with van der Waals surface area (Å²) in [6, 6.07) is 0. The zero-order valence-electron chi connectivity index (χ0n) is 15.5. The third-order valence-electron chi connectivity index (χ3n) is 5.24. The first-order valence-electron chi connectivity index (χ1n) is 8.71. The van der Waals surface area contributed by atoms with Crippen molar-refractivity contribution in [1.82, 2.24) is 0 Å². The Morgan fingerprint density at radius 1 is 1.48 bits per heavy atom. The molecule has 1 fully saturated rings. The van der Waals surface area contributed by atoms with E-state index < -0.39 is 42.3 Å². The van der Waals surface area contributed by atoms with E-state index in [1.54, 1.807) is 26.8 Å². The Morgan fingerprint density at radius 3 is 2.81 bits per heavy atom. The maximum Gasteiger partial charge on any atom is 0.334 e. The van der Waals surface area contributed by atoms with Crippen LogP contribution >= 0.6 is 0 Å². The van der Waals surface area contributed by atoms with E-state index in [0.717, 1.165) is 0 Å². The normalized spacial score (nSPS) is 35.0. The number of fused-ring (bicyclic) bond motifs is 3. The molecule has 0 amide bonds. The summed E-state index contributed by atoms with van der Waals surface area (Å²) in [6.07, 6.45) is 2.83. The molecule has 27 heavy (non-hydrogen) atoms. The van der Waals surface area contributed by atoms with E-state index in [1.807, 2.05) is 0 Å². The van der Waals surface area contributed by atoms with Gasteiger partial charge >= 0.3 is 11.9 Å². The Morgan fingerprint density at radius 2 is 2.19 bits per heavy atom. The second kappa shape index (κ2) is 6.81. The van der Waals surface area contributed by atoms with Gasteiger partial charge in [-0.05, 0) is 26.8 Å². The highest BCUT2D eigenvalue weighted by molar-refractivity contribution is 6.00. The maximum absolute atomic E-state index is 12.5. The lowest BCUT2D eigenvalue weighted by Crippen LogP contribution is -2.42. The topological polar surface area (TPSA) is 99.1 Å². The van der Waals surface area contributed by atoms with Crippen LogP contribution in [0.1, 0.15) is 27.2 Å². The molecule has 1 N–H and O–H groups in total. The van der Waals surface area contributed by atoms with Gasteiger partial charge in [-0.25, -0.2) is 9.59 Å². The highest BCUT2D eigenvalue weighted by Crippen LogP contribution is 2.42. The lowest BCUT2D eigenvalue weighted by atomic mass is 9.82. The Labute approximate surface area is 157 Å². The van der Waals surface area contributed by atoms with Crippen molar-refractivity contribution in [2.24, 2.45) is 5.92 Å². The van der Waals surface area contributed by atoms with Crippen LogP contribution in [-0.2, 0) is 28.6 Å². The van der Waals surface area contributed by atoms with Crippen molar-refractivity contribution in [1.29, 1.82) is 0 Å². The first kappa shape index (κ1) is 19.1. The number of carbonyl (C=O) groups is 3. The summed E-state index contributed by atoms with van der Waals surface area (Å²) in [4.78, 5) is 37.0. The van der Waals surface area contributed by atoms with Crippen molar-refractivity contribution in [3.05, 3.63) is 47.3 Å². The standard InChI is InChI=1S/C20H22O7/c1-5-10(2)18(23)26-15-8-20(4)16(22)7-13(27-20)12(9-21)6-14-17(15)11(3)19(24)25-14/h5-7,14-15,17,21H,3,8-9H2,1-2,4H3/b10-5+,12-6-/t14-,15-,17+,20-/m1/s1. The van der Waals surface area contributed by atoms with Gasteiger partial charge in [-0.15, -0.1) is 0 Å². The fourth-order valence-corrected chi connectivity index (χ4v) is 3.46. The molecule has 3 aliphatic rings. The predicted octanol–water partition coefficient (Wildman–Crippen LogP) is 1.53. The molecule has 3 aliphatic heterocycles. The summed E-state index contributed by atoms with van der Waals surface area (Å²) in [5.41, 5.74) is -0.385. The molecule has 7 heteroatoms. The molecule has 0 aliphatic carbocycles. The third kappa shape index (κ3) is 3.23. The average molecular weight is 374 g/mol. The summed E-state index contributed by atoms with van der Waals surface area (Å²) in [5.74, 6) is -1.90. The van der Waals surface area contributed by atoms with Crippen LogP contribution in [0.4, 0.5) is 0 Å². The third-order valence-corrected chi connectivity index (χ3v) is 5.24. The zero-order chi connectivity index (χ0) is 19.9. The van der Waals surface area contributed by atoms with Crippen molar-refractivity contribution in [2.75, 3.05) is 6.61 Å². The molecule has 4 atom stereocenters. The predicted molar refractivity (Wildman–Crippen MR) is 94.2 cm³/mol. The van der Waals surface area contributed by atoms with E-state index in [-0.39, 0.29) is 23.5 Å². The summed E-state index contributed by atoms with van der Waals surface area (Å²) < 4.78 is 16.8. The molecule has 0 unspecified atom stereocenters. The van der Waals surface area contributed by atoms with E-state index in [4.69, 9.17) is 14.2 Å². The minimum absolute atomic E-state index is 0.0257. The van der Waals surface area contributed by atoms with Crippen LogP contribution < -0.4 is 0 Å². The quantitative estimate of drug-likeness (QED) is 0.591. The second-order valence-electron chi connectivity index (χ2n) is 7.10. The van der Waals surface area contributed by atoms with Gasteiger partial charge in [-0.3, -0.25) is 4.79 Å². The molecule has 3 heterocycles. The van der Waals surface area contributed by atoms with Gasteiger partial charge in [0.05, 0.1) is 12.5 Å². The fraction of sp³-hybridized carbons (Fsp3) is 0.450. The maximum atomic E-state index is 12.5. The lowest BCUT2D eigenvalue weighted by Gasteiger charge is -2.31. The van der Waals surface area contributed by atoms with Crippen LogP contribution in [-0.4, -0.2) is 47.2 Å². The van der Waals surface area contributed by atoms with Gasteiger partial charge in [0.1, 0.15) is 18.0 Å². The number of allylic oxidation sites excluding steroid dienone is 1. The monoisotopic (exact) mass is 374 g/mol. The summed E-state index contributed by atoms with van der Waals surface area (Å²) in [6.45, 7) is 8.31. The average Bonchev–Trinajstić information content (AvgIpc) is 3.08. The molecule has 0 aromatic rings. The Bertz CT molecular complexity index is 816. The molecule has 0 aromatic carbocycles. The van der Waals surface area contributed by atoms with Crippen LogP contribution in [0, 0.1) is 5.92 Å². The molecule has 7 nitrogen and oxygen atoms in total. The number of hydrogen-bond donors (Lipinski definition) is 1. The minimum atomic E-state index is -1.28. The first-order chi connectivity index (χ1) is 12.7. The van der Waals surface area contributed by atoms with E-state index in [1.165, 1.54) is 12.2 Å². The van der Waals surface area contributed by atoms with Crippen LogP contribution in [0.15, 0.2) is 47.3 Å². The van der Waals surface area contributed by atoms with E-state index in [9.17, 15) is 19.5 Å². The van der Waals surface area contributed by atoms with Crippen molar-refractivity contribution >= 4 is 17.7 Å². The number of esters is 2. The highest BCUT2D eigenvalue weighted by Gasteiger charge is 2.52. The Kier molecular flexibility index (Phi) is 4.82. The van der Waals surface area contributed by atoms with Gasteiger partial charge in [-0.2, -0.15) is 0 Å². The molecule has 1 saturated heterocycles. The van der Waals surface area contributed by atoms with Gasteiger partial charge in [0.25, 0.3) is 0 Å². The Hall–Kier alpha value is -2.67.